The van der Waals surface area contributed by atoms with Crippen molar-refractivity contribution in [3.05, 3.63) is 98.0 Å². The number of amides is 1. The maximum Gasteiger partial charge on any atom is 0.307 e. The lowest BCUT2D eigenvalue weighted by molar-refractivity contribution is -0.119. The van der Waals surface area contributed by atoms with Crippen molar-refractivity contribution in [2.24, 2.45) is 0 Å². The average Bonchev–Trinajstić information content (AvgIpc) is 3.18. The minimum Gasteiger partial charge on any atom is -0.495 e. The molecule has 1 amide bonds. The fourth-order valence-corrected chi connectivity index (χ4v) is 5.23. The van der Waals surface area contributed by atoms with Gasteiger partial charge in [-0.3, -0.25) is 14.6 Å². The van der Waals surface area contributed by atoms with Crippen LogP contribution in [-0.4, -0.2) is 23.1 Å². The van der Waals surface area contributed by atoms with Gasteiger partial charge >= 0.3 is 4.87 Å². The van der Waals surface area contributed by atoms with Crippen LogP contribution in [0.3, 0.4) is 0 Å². The van der Waals surface area contributed by atoms with Crippen LogP contribution in [0.1, 0.15) is 28.0 Å². The number of nitrogens with zero attached hydrogens (tertiary/aromatic N) is 1. The van der Waals surface area contributed by atoms with Crippen molar-refractivity contribution in [2.45, 2.75) is 25.8 Å². The fraction of sp³-hybridized carbons (Fsp3) is 0.185. The maximum absolute atomic E-state index is 13.0. The lowest BCUT2D eigenvalue weighted by Gasteiger charge is -2.32. The predicted molar refractivity (Wildman–Crippen MR) is 134 cm³/mol. The molecule has 1 aromatic heterocycles. The molecular weight excluding hydrogens is 448 g/mol. The molecule has 0 unspecified atom stereocenters. The summed E-state index contributed by atoms with van der Waals surface area (Å²) in [6, 6.07) is 22.2. The highest BCUT2D eigenvalue weighted by Gasteiger charge is 2.30. The number of carbonyl (C=O) groups is 1. The molecule has 0 radical (unpaired) electrons. The molecule has 34 heavy (non-hydrogen) atoms. The molecule has 0 fully saturated rings. The summed E-state index contributed by atoms with van der Waals surface area (Å²) in [6.45, 7) is 0.434. The Labute approximate surface area is 201 Å². The van der Waals surface area contributed by atoms with Gasteiger partial charge in [-0.25, -0.2) is 0 Å². The summed E-state index contributed by atoms with van der Waals surface area (Å²) in [4.78, 5) is 29.2. The highest BCUT2D eigenvalue weighted by Crippen LogP contribution is 2.41. The number of nitrogens with one attached hydrogen (secondary N) is 1. The SMILES string of the molecule is COc1ccc(Cc2sc(=O)[nH]c2O)c2c1N(Cc1ccc(-c3ccccc3)cc1)C(=O)CC2. The molecule has 0 aliphatic carbocycles. The van der Waals surface area contributed by atoms with Crippen molar-refractivity contribution in [3.63, 3.8) is 0 Å². The fourth-order valence-electron chi connectivity index (χ4n) is 4.48. The number of rotatable bonds is 6. The van der Waals surface area contributed by atoms with E-state index in [9.17, 15) is 14.7 Å². The number of hydrogen-bond acceptors (Lipinski definition) is 5. The third-order valence-electron chi connectivity index (χ3n) is 6.18. The average molecular weight is 473 g/mol. The number of aromatic amines is 1. The molecule has 1 aliphatic rings. The monoisotopic (exact) mass is 472 g/mol. The Balaban J connectivity index is 1.48. The van der Waals surface area contributed by atoms with Gasteiger partial charge in [-0.2, -0.15) is 0 Å². The van der Waals surface area contributed by atoms with Gasteiger partial charge in [-0.05, 0) is 40.3 Å². The van der Waals surface area contributed by atoms with E-state index in [-0.39, 0.29) is 16.7 Å². The molecule has 6 nitrogen and oxygen atoms in total. The summed E-state index contributed by atoms with van der Waals surface area (Å²) < 4.78 is 5.64. The standard InChI is InChI=1S/C27H24N2O4S/c1-33-22-13-11-20(15-23-26(31)28-27(32)34-23)21-12-14-24(30)29(25(21)22)16-17-7-9-19(10-8-17)18-5-3-2-4-6-18/h2-11,13,31H,12,14-16H2,1H3,(H,28,32). The number of aromatic nitrogens is 1. The number of thiazole rings is 1. The van der Waals surface area contributed by atoms with Crippen LogP contribution in [0.15, 0.2) is 71.5 Å². The van der Waals surface area contributed by atoms with Gasteiger partial charge < -0.3 is 14.7 Å². The van der Waals surface area contributed by atoms with E-state index in [1.165, 1.54) is 0 Å². The summed E-state index contributed by atoms with van der Waals surface area (Å²) in [5.41, 5.74) is 6.05. The van der Waals surface area contributed by atoms with Crippen molar-refractivity contribution in [2.75, 3.05) is 12.0 Å². The normalized spacial score (nSPS) is 13.1. The van der Waals surface area contributed by atoms with Crippen LogP contribution in [0, 0.1) is 0 Å². The number of carbonyl (C=O) groups excluding carboxylic acids is 1. The first-order valence-electron chi connectivity index (χ1n) is 11.1. The second-order valence-corrected chi connectivity index (χ2v) is 9.33. The van der Waals surface area contributed by atoms with Crippen molar-refractivity contribution in [3.8, 4) is 22.8 Å². The van der Waals surface area contributed by atoms with Gasteiger partial charge in [0.2, 0.25) is 11.8 Å². The summed E-state index contributed by atoms with van der Waals surface area (Å²) >= 11 is 1.00. The van der Waals surface area contributed by atoms with E-state index in [1.54, 1.807) is 12.0 Å². The van der Waals surface area contributed by atoms with Gasteiger partial charge in [0.05, 0.1) is 24.2 Å². The Morgan fingerprint density at radius 2 is 1.71 bits per heavy atom. The molecule has 0 spiro atoms. The maximum atomic E-state index is 13.0. The van der Waals surface area contributed by atoms with Crippen LogP contribution in [0.4, 0.5) is 5.69 Å². The molecule has 0 bridgehead atoms. The smallest absolute Gasteiger partial charge is 0.307 e. The molecule has 5 rings (SSSR count). The zero-order valence-electron chi connectivity index (χ0n) is 18.7. The quantitative estimate of drug-likeness (QED) is 0.419. The molecule has 4 aromatic rings. The van der Waals surface area contributed by atoms with E-state index < -0.39 is 0 Å². The highest BCUT2D eigenvalue weighted by molar-refractivity contribution is 7.09. The molecular formula is C27H24N2O4S. The minimum atomic E-state index is -0.286. The van der Waals surface area contributed by atoms with Gasteiger partial charge in [0.15, 0.2) is 0 Å². The number of benzene rings is 3. The molecule has 0 saturated heterocycles. The van der Waals surface area contributed by atoms with Crippen molar-refractivity contribution >= 4 is 22.9 Å². The van der Waals surface area contributed by atoms with E-state index in [1.807, 2.05) is 30.3 Å². The molecule has 7 heteroatoms. The van der Waals surface area contributed by atoms with E-state index in [0.29, 0.717) is 36.4 Å². The van der Waals surface area contributed by atoms with Gasteiger partial charge in [-0.1, -0.05) is 72.0 Å². The zero-order chi connectivity index (χ0) is 23.7. The minimum absolute atomic E-state index is 0.0456. The lowest BCUT2D eigenvalue weighted by Crippen LogP contribution is -2.35. The van der Waals surface area contributed by atoms with Crippen molar-refractivity contribution in [1.29, 1.82) is 0 Å². The lowest BCUT2D eigenvalue weighted by atomic mass is 9.92. The number of fused-ring (bicyclic) bond motifs is 1. The van der Waals surface area contributed by atoms with E-state index in [4.69, 9.17) is 4.74 Å². The molecule has 2 heterocycles. The summed E-state index contributed by atoms with van der Waals surface area (Å²) in [6.07, 6.45) is 1.39. The van der Waals surface area contributed by atoms with E-state index in [0.717, 1.165) is 44.8 Å². The van der Waals surface area contributed by atoms with E-state index in [2.05, 4.69) is 41.4 Å². The van der Waals surface area contributed by atoms with Gasteiger partial charge in [0, 0.05) is 12.8 Å². The molecule has 0 saturated carbocycles. The van der Waals surface area contributed by atoms with Gasteiger partial charge in [0.25, 0.3) is 0 Å². The first-order valence-corrected chi connectivity index (χ1v) is 11.9. The van der Waals surface area contributed by atoms with Crippen LogP contribution < -0.4 is 14.5 Å². The van der Waals surface area contributed by atoms with Gasteiger partial charge in [0.1, 0.15) is 5.75 Å². The topological polar surface area (TPSA) is 82.6 Å². The predicted octanol–water partition coefficient (Wildman–Crippen LogP) is 4.89. The number of ether oxygens (including phenoxy) is 1. The second kappa shape index (κ2) is 9.19. The number of methoxy groups -OCH3 is 1. The molecule has 1 aliphatic heterocycles. The van der Waals surface area contributed by atoms with Crippen LogP contribution in [0.25, 0.3) is 11.1 Å². The van der Waals surface area contributed by atoms with Crippen molar-refractivity contribution in [1.82, 2.24) is 4.98 Å². The Kier molecular flexibility index (Phi) is 5.94. The zero-order valence-corrected chi connectivity index (χ0v) is 19.5. The summed E-state index contributed by atoms with van der Waals surface area (Å²) in [5, 5.41) is 10.1. The van der Waals surface area contributed by atoms with E-state index >= 15 is 0 Å². The first kappa shape index (κ1) is 22.0. The first-order chi connectivity index (χ1) is 16.5. The molecule has 172 valence electrons. The summed E-state index contributed by atoms with van der Waals surface area (Å²) in [5.74, 6) is 0.588. The number of hydrogen-bond donors (Lipinski definition) is 2. The third kappa shape index (κ3) is 4.22. The van der Waals surface area contributed by atoms with Crippen LogP contribution in [-0.2, 0) is 24.2 Å². The Morgan fingerprint density at radius 3 is 2.38 bits per heavy atom. The highest BCUT2D eigenvalue weighted by atomic mass is 32.1. The number of aromatic hydroxyl groups is 1. The Morgan fingerprint density at radius 1 is 0.971 bits per heavy atom. The Bertz CT molecular complexity index is 1390. The van der Waals surface area contributed by atoms with Crippen molar-refractivity contribution < 1.29 is 14.6 Å². The molecule has 3 aromatic carbocycles. The van der Waals surface area contributed by atoms with Gasteiger partial charge in [-0.15, -0.1) is 0 Å². The third-order valence-corrected chi connectivity index (χ3v) is 7.05. The largest absolute Gasteiger partial charge is 0.495 e. The van der Waals surface area contributed by atoms with Crippen LogP contribution in [0.2, 0.25) is 0 Å². The van der Waals surface area contributed by atoms with Crippen LogP contribution in [0.5, 0.6) is 11.6 Å². The second-order valence-electron chi connectivity index (χ2n) is 8.26. The number of anilines is 1. The molecule has 0 atom stereocenters. The number of H-pyrrole nitrogens is 1. The Hall–Kier alpha value is -3.84. The summed E-state index contributed by atoms with van der Waals surface area (Å²) in [7, 11) is 1.60. The molecule has 2 N–H and O–H groups in total. The van der Waals surface area contributed by atoms with Crippen LogP contribution >= 0.6 is 11.3 Å².